The molecular formula is C31H57N11O2+4. The Balaban J connectivity index is 1.03. The Morgan fingerprint density at radius 2 is 0.909 bits per heavy atom. The topological polar surface area (TPSA) is 99.5 Å². The molecule has 0 saturated carbocycles. The van der Waals surface area contributed by atoms with Crippen LogP contribution in [0, 0.1) is 17.0 Å². The highest BCUT2D eigenvalue weighted by molar-refractivity contribution is 5.72. The average Bonchev–Trinajstić information content (AvgIpc) is 3.30. The molecule has 0 atom stereocenters. The second-order valence-electron chi connectivity index (χ2n) is 15.1. The lowest BCUT2D eigenvalue weighted by molar-refractivity contribution is -0.964. The zero-order valence-electron chi connectivity index (χ0n) is 27.2. The van der Waals surface area contributed by atoms with Crippen LogP contribution in [0.1, 0.15) is 18.7 Å². The minimum Gasteiger partial charge on any atom is -0.339 e. The van der Waals surface area contributed by atoms with Gasteiger partial charge in [-0.2, -0.15) is 0 Å². The number of hydrogen-bond acceptors (Lipinski definition) is 8. The maximum absolute atomic E-state index is 12.7. The number of nitrogens with zero attached hydrogens (tertiary/aromatic N) is 9. The van der Waals surface area contributed by atoms with Crippen LogP contribution in [0.25, 0.3) is 0 Å². The smallest absolute Gasteiger partial charge is 0.339 e. The van der Waals surface area contributed by atoms with Crippen LogP contribution in [-0.2, 0) is 0 Å². The van der Waals surface area contributed by atoms with Crippen molar-refractivity contribution in [3.8, 4) is 0 Å². The van der Waals surface area contributed by atoms with Crippen molar-refractivity contribution in [3.05, 3.63) is 15.9 Å². The standard InChI is InChI=1S/C31H57N11O2/c1-28-34-30(36-8-20-41(21-9-36)14-2-12-39(24-26-41)16-4-32-5-17-39)29(38(43)44)31(35-28)37-10-22-42(23-11-37)15-3-13-40(25-27-42)18-6-33-7-19-40/h32-33H,2-27H2,1H3/q+4. The molecule has 0 amide bonds. The third-order valence-corrected chi connectivity index (χ3v) is 12.8. The molecule has 0 radical (unpaired) electrons. The molecule has 13 heteroatoms. The van der Waals surface area contributed by atoms with Crippen LogP contribution in [0.15, 0.2) is 0 Å². The van der Waals surface area contributed by atoms with Gasteiger partial charge in [0.2, 0.25) is 11.6 Å². The summed E-state index contributed by atoms with van der Waals surface area (Å²) in [6.07, 6.45) is 2.56. The minimum atomic E-state index is -0.198. The SMILES string of the molecule is Cc1nc(N2CC[N+]3(CCC[N+]4(CCNCC4)CC3)CC2)c([N+](=O)[O-])c(N2CC[N+]3(CCC[N+]4(CCNCC4)CC3)CC2)n1. The van der Waals surface area contributed by atoms with Gasteiger partial charge in [-0.05, 0) is 6.92 Å². The summed E-state index contributed by atoms with van der Waals surface area (Å²) in [5.74, 6) is 1.74. The summed E-state index contributed by atoms with van der Waals surface area (Å²) in [6.45, 7) is 29.1. The van der Waals surface area contributed by atoms with Crippen molar-refractivity contribution < 1.29 is 22.9 Å². The van der Waals surface area contributed by atoms with E-state index in [2.05, 4.69) is 20.4 Å². The van der Waals surface area contributed by atoms with Crippen LogP contribution >= 0.6 is 0 Å². The Bertz CT molecular complexity index is 1100. The van der Waals surface area contributed by atoms with Crippen molar-refractivity contribution in [2.75, 3.05) is 167 Å². The molecule has 7 heterocycles. The van der Waals surface area contributed by atoms with Gasteiger partial charge in [-0.1, -0.05) is 0 Å². The lowest BCUT2D eigenvalue weighted by Gasteiger charge is -2.46. The van der Waals surface area contributed by atoms with Crippen molar-refractivity contribution >= 4 is 17.3 Å². The highest BCUT2D eigenvalue weighted by atomic mass is 16.6. The summed E-state index contributed by atoms with van der Waals surface area (Å²) in [7, 11) is 0. The van der Waals surface area contributed by atoms with Gasteiger partial charge in [-0.25, -0.2) is 9.97 Å². The predicted octanol–water partition coefficient (Wildman–Crippen LogP) is -0.386. The molecule has 0 bridgehead atoms. The third kappa shape index (κ3) is 6.03. The molecule has 1 aromatic heterocycles. The number of aromatic nitrogens is 2. The Hall–Kier alpha value is -2.16. The molecule has 44 heavy (non-hydrogen) atoms. The van der Waals surface area contributed by atoms with Gasteiger partial charge in [0, 0.05) is 39.0 Å². The van der Waals surface area contributed by atoms with E-state index in [0.29, 0.717) is 17.5 Å². The van der Waals surface area contributed by atoms with Gasteiger partial charge in [-0.3, -0.25) is 10.1 Å². The van der Waals surface area contributed by atoms with Crippen LogP contribution < -0.4 is 20.4 Å². The van der Waals surface area contributed by atoms with Crippen molar-refractivity contribution in [1.82, 2.24) is 20.6 Å². The maximum atomic E-state index is 12.7. The number of anilines is 2. The Morgan fingerprint density at radius 1 is 0.568 bits per heavy atom. The van der Waals surface area contributed by atoms with E-state index < -0.39 is 0 Å². The Labute approximate surface area is 263 Å². The number of piperazine rings is 4. The maximum Gasteiger partial charge on any atom is 0.353 e. The quantitative estimate of drug-likeness (QED) is 0.270. The van der Waals surface area contributed by atoms with Crippen LogP contribution in [-0.4, -0.2) is 190 Å². The number of rotatable bonds is 3. The molecule has 6 aliphatic rings. The number of nitro groups is 1. The zero-order valence-corrected chi connectivity index (χ0v) is 27.2. The first-order valence-electron chi connectivity index (χ1n) is 17.7. The Morgan fingerprint density at radius 3 is 1.25 bits per heavy atom. The molecule has 2 N–H and O–H groups in total. The third-order valence-electron chi connectivity index (χ3n) is 12.8. The average molecular weight is 616 g/mol. The summed E-state index contributed by atoms with van der Waals surface area (Å²) in [5.41, 5.74) is 0.125. The molecule has 6 aliphatic heterocycles. The molecule has 0 aliphatic carbocycles. The first-order chi connectivity index (χ1) is 21.3. The number of quaternary nitrogens is 4. The highest BCUT2D eigenvalue weighted by Gasteiger charge is 2.45. The molecule has 13 nitrogen and oxygen atoms in total. The molecular weight excluding hydrogens is 558 g/mol. The van der Waals surface area contributed by atoms with Crippen molar-refractivity contribution in [3.63, 3.8) is 0 Å². The van der Waals surface area contributed by atoms with Crippen LogP contribution in [0.2, 0.25) is 0 Å². The van der Waals surface area contributed by atoms with E-state index in [1.165, 1.54) is 100 Å². The van der Waals surface area contributed by atoms with Gasteiger partial charge in [0.1, 0.15) is 32.0 Å². The van der Waals surface area contributed by atoms with Crippen LogP contribution in [0.3, 0.4) is 0 Å². The van der Waals surface area contributed by atoms with E-state index in [1.807, 2.05) is 6.92 Å². The van der Waals surface area contributed by atoms with Crippen LogP contribution in [0.4, 0.5) is 17.3 Å². The van der Waals surface area contributed by atoms with Gasteiger partial charge in [0.05, 0.1) is 110 Å². The second-order valence-corrected chi connectivity index (χ2v) is 15.1. The highest BCUT2D eigenvalue weighted by Crippen LogP contribution is 2.37. The van der Waals surface area contributed by atoms with E-state index in [-0.39, 0.29) is 10.6 Å². The predicted molar refractivity (Wildman–Crippen MR) is 172 cm³/mol. The fraction of sp³-hybridized carbons (Fsp3) is 0.871. The van der Waals surface area contributed by atoms with Crippen molar-refractivity contribution in [1.29, 1.82) is 0 Å². The summed E-state index contributed by atoms with van der Waals surface area (Å²) in [6, 6.07) is 0. The van der Waals surface area contributed by atoms with Gasteiger partial charge in [0.15, 0.2) is 0 Å². The Kier molecular flexibility index (Phi) is 8.47. The van der Waals surface area contributed by atoms with E-state index in [0.717, 1.165) is 87.5 Å². The van der Waals surface area contributed by atoms with E-state index >= 15 is 0 Å². The summed E-state index contributed by atoms with van der Waals surface area (Å²) in [4.78, 5) is 26.5. The largest absolute Gasteiger partial charge is 0.353 e. The molecule has 244 valence electrons. The van der Waals surface area contributed by atoms with Crippen molar-refractivity contribution in [2.24, 2.45) is 0 Å². The van der Waals surface area contributed by atoms with Gasteiger partial charge >= 0.3 is 5.69 Å². The summed E-state index contributed by atoms with van der Waals surface area (Å²) >= 11 is 0. The molecule has 7 rings (SSSR count). The lowest BCUT2D eigenvalue weighted by atomic mass is 10.2. The first kappa shape index (κ1) is 30.5. The summed E-state index contributed by atoms with van der Waals surface area (Å²) in [5, 5.41) is 19.8. The molecule has 0 aromatic carbocycles. The number of nitrogens with one attached hydrogen (secondary N) is 2. The summed E-state index contributed by atoms with van der Waals surface area (Å²) < 4.78 is 4.89. The van der Waals surface area contributed by atoms with Gasteiger partial charge < -0.3 is 38.4 Å². The monoisotopic (exact) mass is 615 g/mol. The fourth-order valence-electron chi connectivity index (χ4n) is 9.65. The minimum absolute atomic E-state index is 0.125. The van der Waals surface area contributed by atoms with Crippen molar-refractivity contribution in [2.45, 2.75) is 19.8 Å². The second kappa shape index (κ2) is 12.2. The molecule has 0 unspecified atom stereocenters. The van der Waals surface area contributed by atoms with Crippen LogP contribution in [0.5, 0.6) is 0 Å². The zero-order chi connectivity index (χ0) is 30.3. The number of aryl methyl sites for hydroxylation is 1. The molecule has 6 saturated heterocycles. The number of hydrogen-bond donors (Lipinski definition) is 2. The molecule has 4 spiro atoms. The fourth-order valence-corrected chi connectivity index (χ4v) is 9.65. The van der Waals surface area contributed by atoms with E-state index in [9.17, 15) is 10.1 Å². The first-order valence-corrected chi connectivity index (χ1v) is 17.7. The van der Waals surface area contributed by atoms with E-state index in [1.54, 1.807) is 0 Å². The lowest BCUT2D eigenvalue weighted by Crippen LogP contribution is -2.64. The normalized spacial score (nSPS) is 28.2. The van der Waals surface area contributed by atoms with Gasteiger partial charge in [-0.15, -0.1) is 0 Å². The molecule has 1 aromatic rings. The molecule has 6 fully saturated rings. The van der Waals surface area contributed by atoms with Gasteiger partial charge in [0.25, 0.3) is 0 Å². The van der Waals surface area contributed by atoms with E-state index in [4.69, 9.17) is 9.97 Å².